The Kier molecular flexibility index (Phi) is 6.03. The molecule has 1 aromatic heterocycles. The summed E-state index contributed by atoms with van der Waals surface area (Å²) in [7, 11) is 0. The van der Waals surface area contributed by atoms with E-state index in [2.05, 4.69) is 36.1 Å². The van der Waals surface area contributed by atoms with E-state index in [9.17, 15) is 9.59 Å². The highest BCUT2D eigenvalue weighted by Gasteiger charge is 2.28. The normalized spacial score (nSPS) is 14.7. The fourth-order valence-electron chi connectivity index (χ4n) is 4.97. The summed E-state index contributed by atoms with van der Waals surface area (Å²) in [6, 6.07) is 23.3. The monoisotopic (exact) mass is 468 g/mol. The molecule has 0 spiro atoms. The van der Waals surface area contributed by atoms with Gasteiger partial charge in [0.05, 0.1) is 11.6 Å². The van der Waals surface area contributed by atoms with Crippen molar-refractivity contribution in [2.45, 2.75) is 33.2 Å². The van der Waals surface area contributed by atoms with Crippen molar-refractivity contribution < 1.29 is 19.1 Å². The molecule has 0 saturated heterocycles. The molecule has 0 bridgehead atoms. The topological polar surface area (TPSA) is 60.8 Å². The molecular formula is C29H28N2O4. The summed E-state index contributed by atoms with van der Waals surface area (Å²) in [6.07, 6.45) is 0.968. The lowest BCUT2D eigenvalue weighted by Crippen LogP contribution is -2.36. The lowest BCUT2D eigenvalue weighted by atomic mass is 10.1. The molecule has 0 N–H and O–H groups in total. The summed E-state index contributed by atoms with van der Waals surface area (Å²) in [4.78, 5) is 27.2. The standard InChI is InChI=1S/C29H28N2O4/c1-4-30-23(17-22-8-5-6-9-26(22)30)18-34-24-14-12-21(13-15-24)29(33)31-19(2)16-25-27(31)10-7-11-28(25)35-20(3)32/h5-16,23H,4,17-18H2,1-3H3/t23-/m0/s1. The van der Waals surface area contributed by atoms with Crippen LogP contribution in [0.4, 0.5) is 5.69 Å². The van der Waals surface area contributed by atoms with E-state index in [4.69, 9.17) is 9.47 Å². The van der Waals surface area contributed by atoms with Gasteiger partial charge in [0.2, 0.25) is 0 Å². The predicted molar refractivity (Wildman–Crippen MR) is 137 cm³/mol. The Morgan fingerprint density at radius 1 is 1.00 bits per heavy atom. The molecule has 2 heterocycles. The summed E-state index contributed by atoms with van der Waals surface area (Å²) in [5.41, 5.74) is 4.67. The third-order valence-electron chi connectivity index (χ3n) is 6.53. The summed E-state index contributed by atoms with van der Waals surface area (Å²) in [6.45, 7) is 6.91. The molecule has 5 rings (SSSR count). The van der Waals surface area contributed by atoms with Crippen LogP contribution in [0.2, 0.25) is 0 Å². The maximum atomic E-state index is 13.4. The van der Waals surface area contributed by atoms with E-state index >= 15 is 0 Å². The third-order valence-corrected chi connectivity index (χ3v) is 6.53. The molecule has 35 heavy (non-hydrogen) atoms. The molecule has 0 saturated carbocycles. The third kappa shape index (κ3) is 4.28. The summed E-state index contributed by atoms with van der Waals surface area (Å²) in [5, 5.41) is 0.728. The lowest BCUT2D eigenvalue weighted by Gasteiger charge is -2.26. The maximum Gasteiger partial charge on any atom is 0.308 e. The van der Waals surface area contributed by atoms with Crippen LogP contribution in [0, 0.1) is 6.92 Å². The van der Waals surface area contributed by atoms with Gasteiger partial charge in [0, 0.05) is 35.8 Å². The molecule has 0 fully saturated rings. The number of nitrogens with zero attached hydrogens (tertiary/aromatic N) is 2. The van der Waals surface area contributed by atoms with Gasteiger partial charge in [0.25, 0.3) is 5.91 Å². The van der Waals surface area contributed by atoms with Gasteiger partial charge in [-0.05, 0) is 74.4 Å². The zero-order valence-electron chi connectivity index (χ0n) is 20.2. The van der Waals surface area contributed by atoms with E-state index in [1.807, 2.05) is 31.2 Å². The zero-order valence-corrected chi connectivity index (χ0v) is 20.2. The van der Waals surface area contributed by atoms with Crippen LogP contribution in [0.5, 0.6) is 11.5 Å². The average Bonchev–Trinajstić information content (AvgIpc) is 3.39. The van der Waals surface area contributed by atoms with Crippen molar-refractivity contribution >= 4 is 28.5 Å². The quantitative estimate of drug-likeness (QED) is 0.280. The molecule has 6 nitrogen and oxygen atoms in total. The first-order valence-corrected chi connectivity index (χ1v) is 11.9. The molecule has 0 radical (unpaired) electrons. The Morgan fingerprint density at radius 3 is 2.51 bits per heavy atom. The minimum absolute atomic E-state index is 0.146. The molecule has 0 amide bonds. The highest BCUT2D eigenvalue weighted by Crippen LogP contribution is 2.32. The Hall–Kier alpha value is -4.06. The van der Waals surface area contributed by atoms with Crippen LogP contribution in [-0.2, 0) is 11.2 Å². The van der Waals surface area contributed by atoms with Gasteiger partial charge in [-0.3, -0.25) is 14.2 Å². The summed E-state index contributed by atoms with van der Waals surface area (Å²) >= 11 is 0. The van der Waals surface area contributed by atoms with Crippen LogP contribution in [0.1, 0.15) is 35.5 Å². The van der Waals surface area contributed by atoms with E-state index in [0.717, 1.165) is 29.8 Å². The first kappa shape index (κ1) is 22.7. The average molecular weight is 469 g/mol. The van der Waals surface area contributed by atoms with Crippen molar-refractivity contribution in [1.29, 1.82) is 0 Å². The number of rotatable bonds is 6. The van der Waals surface area contributed by atoms with Crippen LogP contribution in [0.25, 0.3) is 10.9 Å². The number of aromatic nitrogens is 1. The van der Waals surface area contributed by atoms with Crippen LogP contribution in [0.15, 0.2) is 72.8 Å². The number of benzene rings is 3. The molecule has 3 aromatic carbocycles. The van der Waals surface area contributed by atoms with Gasteiger partial charge in [-0.2, -0.15) is 0 Å². The van der Waals surface area contributed by atoms with Gasteiger partial charge in [0.1, 0.15) is 18.1 Å². The van der Waals surface area contributed by atoms with Crippen LogP contribution in [0.3, 0.4) is 0 Å². The van der Waals surface area contributed by atoms with Gasteiger partial charge in [-0.25, -0.2) is 0 Å². The van der Waals surface area contributed by atoms with Crippen molar-refractivity contribution in [2.75, 3.05) is 18.1 Å². The van der Waals surface area contributed by atoms with Crippen molar-refractivity contribution in [1.82, 2.24) is 4.57 Å². The molecule has 4 aromatic rings. The highest BCUT2D eigenvalue weighted by molar-refractivity contribution is 6.04. The number of carbonyl (C=O) groups excluding carboxylic acids is 2. The molecule has 1 aliphatic rings. The minimum Gasteiger partial charge on any atom is -0.491 e. The molecular weight excluding hydrogens is 440 g/mol. The molecule has 0 aliphatic carbocycles. The molecule has 1 aliphatic heterocycles. The Bertz CT molecular complexity index is 1400. The SMILES string of the molecule is CCN1c2ccccc2C[C@H]1COc1ccc(C(=O)n2c(C)cc3c(OC(C)=O)cccc32)cc1. The Balaban J connectivity index is 1.31. The molecule has 178 valence electrons. The number of carbonyl (C=O) groups is 2. The zero-order chi connectivity index (χ0) is 24.5. The highest BCUT2D eigenvalue weighted by atomic mass is 16.5. The molecule has 6 heteroatoms. The van der Waals surface area contributed by atoms with Crippen molar-refractivity contribution in [3.63, 3.8) is 0 Å². The van der Waals surface area contributed by atoms with Gasteiger partial charge in [-0.15, -0.1) is 0 Å². The van der Waals surface area contributed by atoms with E-state index in [1.165, 1.54) is 18.2 Å². The predicted octanol–water partition coefficient (Wildman–Crippen LogP) is 5.39. The largest absolute Gasteiger partial charge is 0.491 e. The van der Waals surface area contributed by atoms with Crippen LogP contribution >= 0.6 is 0 Å². The second-order valence-corrected chi connectivity index (χ2v) is 8.82. The smallest absolute Gasteiger partial charge is 0.308 e. The number of aryl methyl sites for hydroxylation is 1. The Morgan fingerprint density at radius 2 is 1.77 bits per heavy atom. The first-order valence-electron chi connectivity index (χ1n) is 11.9. The van der Waals surface area contributed by atoms with Gasteiger partial charge >= 0.3 is 5.97 Å². The number of anilines is 1. The van der Waals surface area contributed by atoms with Crippen LogP contribution < -0.4 is 14.4 Å². The van der Waals surface area contributed by atoms with E-state index < -0.39 is 5.97 Å². The van der Waals surface area contributed by atoms with Crippen LogP contribution in [-0.4, -0.2) is 35.6 Å². The maximum absolute atomic E-state index is 13.4. The number of fused-ring (bicyclic) bond motifs is 2. The Labute approximate surface area is 204 Å². The number of likely N-dealkylation sites (N-methyl/N-ethyl adjacent to an activating group) is 1. The lowest BCUT2D eigenvalue weighted by molar-refractivity contribution is -0.131. The minimum atomic E-state index is -0.395. The van der Waals surface area contributed by atoms with Crippen molar-refractivity contribution in [3.8, 4) is 11.5 Å². The molecule has 0 unspecified atom stereocenters. The van der Waals surface area contributed by atoms with Crippen molar-refractivity contribution in [2.24, 2.45) is 0 Å². The number of esters is 1. The van der Waals surface area contributed by atoms with Gasteiger partial charge in [0.15, 0.2) is 0 Å². The fourth-order valence-corrected chi connectivity index (χ4v) is 4.97. The number of hydrogen-bond acceptors (Lipinski definition) is 5. The number of hydrogen-bond donors (Lipinski definition) is 0. The van der Waals surface area contributed by atoms with E-state index in [-0.39, 0.29) is 5.91 Å². The number of para-hydroxylation sites is 1. The second kappa shape index (κ2) is 9.29. The van der Waals surface area contributed by atoms with Gasteiger partial charge in [-0.1, -0.05) is 24.3 Å². The summed E-state index contributed by atoms with van der Waals surface area (Å²) < 4.78 is 13.1. The van der Waals surface area contributed by atoms with E-state index in [1.54, 1.807) is 28.8 Å². The summed E-state index contributed by atoms with van der Waals surface area (Å²) in [5.74, 6) is 0.643. The van der Waals surface area contributed by atoms with E-state index in [0.29, 0.717) is 29.5 Å². The second-order valence-electron chi connectivity index (χ2n) is 8.82. The van der Waals surface area contributed by atoms with Gasteiger partial charge < -0.3 is 14.4 Å². The first-order chi connectivity index (χ1) is 17.0. The molecule has 1 atom stereocenters. The number of ether oxygens (including phenoxy) is 2. The fraction of sp³-hybridized carbons (Fsp3) is 0.241. The van der Waals surface area contributed by atoms with Crippen molar-refractivity contribution in [3.05, 3.63) is 89.6 Å².